The lowest BCUT2D eigenvalue weighted by Gasteiger charge is -2.37. The van der Waals surface area contributed by atoms with Crippen LogP contribution in [0, 0.1) is 6.92 Å². The number of halogens is 1. The molecule has 1 aliphatic rings. The van der Waals surface area contributed by atoms with Crippen molar-refractivity contribution in [3.8, 4) is 5.75 Å². The van der Waals surface area contributed by atoms with Crippen LogP contribution in [0.2, 0.25) is 0 Å². The summed E-state index contributed by atoms with van der Waals surface area (Å²) >= 11 is 0. The van der Waals surface area contributed by atoms with Crippen molar-refractivity contribution in [3.63, 3.8) is 0 Å². The van der Waals surface area contributed by atoms with Crippen LogP contribution in [-0.4, -0.2) is 23.8 Å². The van der Waals surface area contributed by atoms with Gasteiger partial charge in [0.2, 0.25) is 10.0 Å². The van der Waals surface area contributed by atoms with Crippen LogP contribution in [0.25, 0.3) is 0 Å². The fraction of sp³-hybridized carbons (Fsp3) is 0.438. The highest BCUT2D eigenvalue weighted by Gasteiger charge is 2.36. The monoisotopic (exact) mass is 386 g/mol. The topological polar surface area (TPSA) is 99.2 Å². The molecule has 0 fully saturated rings. The van der Waals surface area contributed by atoms with E-state index in [9.17, 15) is 8.42 Å². The lowest BCUT2D eigenvalue weighted by atomic mass is 9.90. The first-order valence-electron chi connectivity index (χ1n) is 7.68. The van der Waals surface area contributed by atoms with Gasteiger partial charge in [0.25, 0.3) is 0 Å². The van der Waals surface area contributed by atoms with E-state index in [2.05, 4.69) is 9.82 Å². The Bertz CT molecular complexity index is 893. The number of ether oxygens (including phenoxy) is 1. The van der Waals surface area contributed by atoms with Crippen molar-refractivity contribution < 1.29 is 13.2 Å². The average molecular weight is 387 g/mol. The molecule has 1 aromatic carbocycles. The maximum Gasteiger partial charge on any atom is 0.244 e. The zero-order valence-electron chi connectivity index (χ0n) is 14.6. The molecule has 3 N–H and O–H groups in total. The summed E-state index contributed by atoms with van der Waals surface area (Å²) in [5, 5.41) is 4.02. The first-order chi connectivity index (χ1) is 11.1. The van der Waals surface area contributed by atoms with Crippen molar-refractivity contribution in [2.45, 2.75) is 43.7 Å². The molecule has 1 aromatic heterocycles. The molecule has 138 valence electrons. The Labute approximate surface area is 154 Å². The van der Waals surface area contributed by atoms with Crippen LogP contribution < -0.4 is 15.2 Å². The first-order valence-corrected chi connectivity index (χ1v) is 9.17. The Balaban J connectivity index is 0.00000225. The van der Waals surface area contributed by atoms with E-state index >= 15 is 0 Å². The second-order valence-electron chi connectivity index (χ2n) is 6.75. The first kappa shape index (κ1) is 19.6. The van der Waals surface area contributed by atoms with Gasteiger partial charge in [-0.2, -0.15) is 5.10 Å². The van der Waals surface area contributed by atoms with Crippen molar-refractivity contribution in [3.05, 3.63) is 35.7 Å². The van der Waals surface area contributed by atoms with E-state index in [1.165, 1.54) is 10.9 Å². The minimum absolute atomic E-state index is 0. The van der Waals surface area contributed by atoms with Gasteiger partial charge in [-0.3, -0.25) is 4.68 Å². The van der Waals surface area contributed by atoms with Crippen LogP contribution in [0.3, 0.4) is 0 Å². The molecule has 25 heavy (non-hydrogen) atoms. The van der Waals surface area contributed by atoms with E-state index in [-0.39, 0.29) is 17.3 Å². The SMILES string of the molecule is Cc1c(S(=O)(=O)NC2CC(C)(C)Oc3ccc(N)cc32)cnn1C.Cl. The number of hydrogen-bond acceptors (Lipinski definition) is 5. The number of sulfonamides is 1. The number of anilines is 1. The Morgan fingerprint density at radius 3 is 2.68 bits per heavy atom. The van der Waals surface area contributed by atoms with Crippen molar-refractivity contribution in [2.24, 2.45) is 7.05 Å². The number of aryl methyl sites for hydroxylation is 1. The molecule has 7 nitrogen and oxygen atoms in total. The standard InChI is InChI=1S/C16H22N4O3S.ClH/c1-10-15(9-18-20(10)4)24(21,22)19-13-8-16(2,3)23-14-6-5-11(17)7-12(13)14;/h5-7,9,13,19H,8,17H2,1-4H3;1H. The number of fused-ring (bicyclic) bond motifs is 1. The van der Waals surface area contributed by atoms with Crippen molar-refractivity contribution >= 4 is 28.1 Å². The Morgan fingerprint density at radius 2 is 2.08 bits per heavy atom. The van der Waals surface area contributed by atoms with Crippen molar-refractivity contribution in [1.29, 1.82) is 0 Å². The van der Waals surface area contributed by atoms with Gasteiger partial charge >= 0.3 is 0 Å². The zero-order valence-corrected chi connectivity index (χ0v) is 16.2. The molecule has 0 saturated carbocycles. The highest BCUT2D eigenvalue weighted by molar-refractivity contribution is 7.89. The molecule has 0 radical (unpaired) electrons. The van der Waals surface area contributed by atoms with E-state index in [4.69, 9.17) is 10.5 Å². The molecule has 2 aromatic rings. The quantitative estimate of drug-likeness (QED) is 0.788. The summed E-state index contributed by atoms with van der Waals surface area (Å²) < 4.78 is 35.9. The van der Waals surface area contributed by atoms with Crippen molar-refractivity contribution in [1.82, 2.24) is 14.5 Å². The molecule has 1 atom stereocenters. The Morgan fingerprint density at radius 1 is 1.40 bits per heavy atom. The molecule has 3 rings (SSSR count). The number of benzene rings is 1. The van der Waals surface area contributed by atoms with Gasteiger partial charge < -0.3 is 10.5 Å². The largest absolute Gasteiger partial charge is 0.487 e. The Kier molecular flexibility index (Phi) is 5.09. The predicted octanol–water partition coefficient (Wildman–Crippen LogP) is 2.31. The highest BCUT2D eigenvalue weighted by atomic mass is 35.5. The van der Waals surface area contributed by atoms with Crippen LogP contribution in [0.1, 0.15) is 37.6 Å². The fourth-order valence-corrected chi connectivity index (χ4v) is 4.39. The second-order valence-corrected chi connectivity index (χ2v) is 8.44. The van der Waals surface area contributed by atoms with Crippen LogP contribution in [0.15, 0.2) is 29.3 Å². The van der Waals surface area contributed by atoms with Crippen LogP contribution in [-0.2, 0) is 17.1 Å². The van der Waals surface area contributed by atoms with Gasteiger partial charge in [0.15, 0.2) is 0 Å². The van der Waals surface area contributed by atoms with Gasteiger partial charge in [0, 0.05) is 24.7 Å². The van der Waals surface area contributed by atoms with E-state index in [0.717, 1.165) is 5.56 Å². The minimum Gasteiger partial charge on any atom is -0.487 e. The third kappa shape index (κ3) is 3.75. The fourth-order valence-electron chi connectivity index (χ4n) is 2.97. The van der Waals surface area contributed by atoms with E-state index in [0.29, 0.717) is 23.6 Å². The number of nitrogens with zero attached hydrogens (tertiary/aromatic N) is 2. The molecule has 9 heteroatoms. The molecule has 1 unspecified atom stereocenters. The molecule has 0 aliphatic carbocycles. The van der Waals surface area contributed by atoms with Crippen LogP contribution in [0.5, 0.6) is 5.75 Å². The van der Waals surface area contributed by atoms with Gasteiger partial charge in [0.1, 0.15) is 16.2 Å². The average Bonchev–Trinajstić information content (AvgIpc) is 2.79. The summed E-state index contributed by atoms with van der Waals surface area (Å²) in [5.41, 5.74) is 7.28. The zero-order chi connectivity index (χ0) is 17.7. The van der Waals surface area contributed by atoms with Crippen LogP contribution >= 0.6 is 12.4 Å². The maximum absolute atomic E-state index is 12.8. The molecule has 0 amide bonds. The summed E-state index contributed by atoms with van der Waals surface area (Å²) in [6.45, 7) is 5.59. The number of nitrogen functional groups attached to an aromatic ring is 1. The predicted molar refractivity (Wildman–Crippen MR) is 98.4 cm³/mol. The van der Waals surface area contributed by atoms with E-state index in [1.807, 2.05) is 13.8 Å². The molecular weight excluding hydrogens is 364 g/mol. The molecule has 0 saturated heterocycles. The van der Waals surface area contributed by atoms with Gasteiger partial charge in [-0.05, 0) is 39.0 Å². The summed E-state index contributed by atoms with van der Waals surface area (Å²) in [6.07, 6.45) is 1.87. The minimum atomic E-state index is -3.71. The summed E-state index contributed by atoms with van der Waals surface area (Å²) in [6, 6.07) is 4.87. The van der Waals surface area contributed by atoms with Gasteiger partial charge in [-0.1, -0.05) is 0 Å². The van der Waals surface area contributed by atoms with Crippen molar-refractivity contribution in [2.75, 3.05) is 5.73 Å². The number of nitrogens with two attached hydrogens (primary N) is 1. The van der Waals surface area contributed by atoms with Crippen LogP contribution in [0.4, 0.5) is 5.69 Å². The van der Waals surface area contributed by atoms with E-state index in [1.54, 1.807) is 32.2 Å². The smallest absolute Gasteiger partial charge is 0.244 e. The normalized spacial score (nSPS) is 18.8. The Hall–Kier alpha value is -1.77. The van der Waals surface area contributed by atoms with Gasteiger partial charge in [-0.25, -0.2) is 13.1 Å². The number of aromatic nitrogens is 2. The summed E-state index contributed by atoms with van der Waals surface area (Å²) in [7, 11) is -1.99. The van der Waals surface area contributed by atoms with Gasteiger partial charge in [-0.15, -0.1) is 12.4 Å². The third-order valence-electron chi connectivity index (χ3n) is 4.27. The highest BCUT2D eigenvalue weighted by Crippen LogP contribution is 2.41. The lowest BCUT2D eigenvalue weighted by Crippen LogP contribution is -2.41. The molecule has 2 heterocycles. The molecular formula is C16H23ClN4O3S. The lowest BCUT2D eigenvalue weighted by molar-refractivity contribution is 0.0702. The molecule has 0 bridgehead atoms. The van der Waals surface area contributed by atoms with Gasteiger partial charge in [0.05, 0.1) is 17.9 Å². The van der Waals surface area contributed by atoms with E-state index < -0.39 is 21.7 Å². The molecule has 1 aliphatic heterocycles. The molecule has 0 spiro atoms. The number of hydrogen-bond donors (Lipinski definition) is 2. The second kappa shape index (κ2) is 6.51. The maximum atomic E-state index is 12.8. The number of rotatable bonds is 3. The summed E-state index contributed by atoms with van der Waals surface area (Å²) in [4.78, 5) is 0.180. The number of nitrogens with one attached hydrogen (secondary N) is 1. The summed E-state index contributed by atoms with van der Waals surface area (Å²) in [5.74, 6) is 0.649. The third-order valence-corrected chi connectivity index (χ3v) is 5.84.